The van der Waals surface area contributed by atoms with Crippen LogP contribution in [0, 0.1) is 5.92 Å². The predicted molar refractivity (Wildman–Crippen MR) is 64.9 cm³/mol. The van der Waals surface area contributed by atoms with E-state index in [0.717, 1.165) is 12.8 Å². The maximum absolute atomic E-state index is 9.02. The Hall–Kier alpha value is -0.0800. The molecule has 0 radical (unpaired) electrons. The molecule has 0 fully saturated rings. The molecule has 0 aromatic heterocycles. The lowest BCUT2D eigenvalue weighted by molar-refractivity contribution is 0.174. The number of hydrogen-bond acceptors (Lipinski definition) is 2. The van der Waals surface area contributed by atoms with Gasteiger partial charge in [-0.3, -0.25) is 0 Å². The fraction of sp³-hybridized carbons (Fsp3) is 1.00. The fourth-order valence-corrected chi connectivity index (χ4v) is 1.90. The van der Waals surface area contributed by atoms with Crippen LogP contribution in [0.3, 0.4) is 0 Å². The molecule has 0 aliphatic carbocycles. The summed E-state index contributed by atoms with van der Waals surface area (Å²) in [5.41, 5.74) is 0. The molecule has 0 spiro atoms. The molecular formula is C13H28O2. The molecule has 2 nitrogen and oxygen atoms in total. The van der Waals surface area contributed by atoms with Crippen molar-refractivity contribution in [3.05, 3.63) is 0 Å². The second kappa shape index (κ2) is 12.0. The zero-order valence-electron chi connectivity index (χ0n) is 10.2. The Morgan fingerprint density at radius 3 is 1.93 bits per heavy atom. The van der Waals surface area contributed by atoms with Crippen LogP contribution >= 0.6 is 0 Å². The van der Waals surface area contributed by atoms with Crippen molar-refractivity contribution in [3.63, 3.8) is 0 Å². The Morgan fingerprint density at radius 1 is 0.800 bits per heavy atom. The van der Waals surface area contributed by atoms with Crippen molar-refractivity contribution in [2.45, 2.75) is 64.7 Å². The van der Waals surface area contributed by atoms with Gasteiger partial charge in [-0.2, -0.15) is 0 Å². The van der Waals surface area contributed by atoms with E-state index in [1.165, 1.54) is 44.9 Å². The van der Waals surface area contributed by atoms with Gasteiger partial charge in [0.1, 0.15) is 0 Å². The van der Waals surface area contributed by atoms with Gasteiger partial charge in [0, 0.05) is 13.2 Å². The van der Waals surface area contributed by atoms with E-state index in [0.29, 0.717) is 5.92 Å². The van der Waals surface area contributed by atoms with Gasteiger partial charge >= 0.3 is 0 Å². The zero-order valence-corrected chi connectivity index (χ0v) is 10.2. The van der Waals surface area contributed by atoms with E-state index in [2.05, 4.69) is 6.92 Å². The highest BCUT2D eigenvalue weighted by Gasteiger charge is 2.05. The minimum Gasteiger partial charge on any atom is -0.396 e. The number of rotatable bonds is 11. The molecule has 0 aromatic rings. The van der Waals surface area contributed by atoms with Crippen LogP contribution in [0.25, 0.3) is 0 Å². The van der Waals surface area contributed by atoms with Crippen molar-refractivity contribution in [2.24, 2.45) is 5.92 Å². The van der Waals surface area contributed by atoms with Crippen molar-refractivity contribution in [1.82, 2.24) is 0 Å². The van der Waals surface area contributed by atoms with Crippen LogP contribution in [0.4, 0.5) is 0 Å². The molecule has 15 heavy (non-hydrogen) atoms. The summed E-state index contributed by atoms with van der Waals surface area (Å²) < 4.78 is 0. The van der Waals surface area contributed by atoms with Gasteiger partial charge in [-0.15, -0.1) is 0 Å². The number of unbranched alkanes of at least 4 members (excludes halogenated alkanes) is 6. The van der Waals surface area contributed by atoms with E-state index in [-0.39, 0.29) is 13.2 Å². The average Bonchev–Trinajstić information content (AvgIpc) is 2.26. The zero-order chi connectivity index (χ0) is 11.4. The third-order valence-electron chi connectivity index (χ3n) is 3.01. The van der Waals surface area contributed by atoms with Crippen molar-refractivity contribution >= 4 is 0 Å². The van der Waals surface area contributed by atoms with E-state index < -0.39 is 0 Å². The molecule has 0 rings (SSSR count). The predicted octanol–water partition coefficient (Wildman–Crippen LogP) is 3.12. The largest absolute Gasteiger partial charge is 0.396 e. The minimum atomic E-state index is 0.210. The van der Waals surface area contributed by atoms with Crippen LogP contribution < -0.4 is 0 Å². The van der Waals surface area contributed by atoms with E-state index in [9.17, 15) is 0 Å². The summed E-state index contributed by atoms with van der Waals surface area (Å²) in [6, 6.07) is 0. The summed E-state index contributed by atoms with van der Waals surface area (Å²) in [7, 11) is 0. The maximum atomic E-state index is 9.02. The molecule has 0 heterocycles. The number of aliphatic hydroxyl groups excluding tert-OH is 2. The van der Waals surface area contributed by atoms with E-state index in [4.69, 9.17) is 10.2 Å². The first kappa shape index (κ1) is 14.9. The van der Waals surface area contributed by atoms with Crippen LogP contribution in [0.15, 0.2) is 0 Å². The van der Waals surface area contributed by atoms with Crippen molar-refractivity contribution < 1.29 is 10.2 Å². The summed E-state index contributed by atoms with van der Waals surface area (Å²) in [4.78, 5) is 0. The highest BCUT2D eigenvalue weighted by atomic mass is 16.3. The van der Waals surface area contributed by atoms with Gasteiger partial charge in [0.25, 0.3) is 0 Å². The monoisotopic (exact) mass is 216 g/mol. The maximum Gasteiger partial charge on any atom is 0.0460 e. The minimum absolute atomic E-state index is 0.210. The number of aliphatic hydroxyl groups is 2. The highest BCUT2D eigenvalue weighted by Crippen LogP contribution is 2.14. The van der Waals surface area contributed by atoms with Gasteiger partial charge in [-0.25, -0.2) is 0 Å². The Bertz CT molecular complexity index is 115. The summed E-state index contributed by atoms with van der Waals surface area (Å²) in [6.07, 6.45) is 11.1. The third kappa shape index (κ3) is 10.2. The fourth-order valence-electron chi connectivity index (χ4n) is 1.90. The second-order valence-electron chi connectivity index (χ2n) is 4.47. The van der Waals surface area contributed by atoms with Gasteiger partial charge in [0.2, 0.25) is 0 Å². The Morgan fingerprint density at radius 2 is 1.40 bits per heavy atom. The average molecular weight is 216 g/mol. The lowest BCUT2D eigenvalue weighted by atomic mass is 9.98. The van der Waals surface area contributed by atoms with Crippen molar-refractivity contribution in [3.8, 4) is 0 Å². The first-order valence-electron chi connectivity index (χ1n) is 6.56. The summed E-state index contributed by atoms with van der Waals surface area (Å²) >= 11 is 0. The standard InChI is InChI=1S/C13H28O2/c1-2-3-4-5-6-7-8-9-13(12-15)10-11-14/h13-15H,2-12H2,1H3. The molecule has 0 amide bonds. The molecule has 1 atom stereocenters. The van der Waals surface area contributed by atoms with Crippen molar-refractivity contribution in [2.75, 3.05) is 13.2 Å². The molecule has 0 aliphatic rings. The lowest BCUT2D eigenvalue weighted by Gasteiger charge is -2.11. The first-order chi connectivity index (χ1) is 7.35. The summed E-state index contributed by atoms with van der Waals surface area (Å²) in [5.74, 6) is 0.325. The molecule has 0 saturated heterocycles. The quantitative estimate of drug-likeness (QED) is 0.521. The first-order valence-corrected chi connectivity index (χ1v) is 6.56. The van der Waals surface area contributed by atoms with Crippen LogP contribution in [0.2, 0.25) is 0 Å². The molecule has 0 saturated carbocycles. The van der Waals surface area contributed by atoms with E-state index in [1.54, 1.807) is 0 Å². The smallest absolute Gasteiger partial charge is 0.0460 e. The molecule has 2 heteroatoms. The molecule has 0 aromatic carbocycles. The SMILES string of the molecule is CCCCCCCCCC(CO)CCO. The van der Waals surface area contributed by atoms with Crippen LogP contribution in [0.5, 0.6) is 0 Å². The second-order valence-corrected chi connectivity index (χ2v) is 4.47. The topological polar surface area (TPSA) is 40.5 Å². The number of hydrogen-bond donors (Lipinski definition) is 2. The van der Waals surface area contributed by atoms with E-state index in [1.807, 2.05) is 0 Å². The van der Waals surface area contributed by atoms with Crippen LogP contribution in [-0.2, 0) is 0 Å². The van der Waals surface area contributed by atoms with Gasteiger partial charge in [-0.05, 0) is 18.8 Å². The van der Waals surface area contributed by atoms with Gasteiger partial charge in [-0.1, -0.05) is 51.9 Å². The molecule has 92 valence electrons. The third-order valence-corrected chi connectivity index (χ3v) is 3.01. The highest BCUT2D eigenvalue weighted by molar-refractivity contribution is 4.57. The van der Waals surface area contributed by atoms with Crippen LogP contribution in [0.1, 0.15) is 64.7 Å². The summed E-state index contributed by atoms with van der Waals surface area (Å²) in [6.45, 7) is 2.68. The van der Waals surface area contributed by atoms with Gasteiger partial charge < -0.3 is 10.2 Å². The Balaban J connectivity index is 3.14. The molecule has 0 bridgehead atoms. The molecule has 0 aliphatic heterocycles. The normalized spacial score (nSPS) is 13.0. The van der Waals surface area contributed by atoms with Gasteiger partial charge in [0.15, 0.2) is 0 Å². The molecule has 1 unspecified atom stereocenters. The van der Waals surface area contributed by atoms with Crippen molar-refractivity contribution in [1.29, 1.82) is 0 Å². The summed E-state index contributed by atoms with van der Waals surface area (Å²) in [5, 5.41) is 17.8. The molecule has 2 N–H and O–H groups in total. The van der Waals surface area contributed by atoms with Gasteiger partial charge in [0.05, 0.1) is 0 Å². The Kier molecular flexibility index (Phi) is 11.9. The van der Waals surface area contributed by atoms with E-state index >= 15 is 0 Å². The Labute approximate surface area is 94.7 Å². The van der Waals surface area contributed by atoms with Crippen LogP contribution in [-0.4, -0.2) is 23.4 Å². The lowest BCUT2D eigenvalue weighted by Crippen LogP contribution is -2.07. The molecular weight excluding hydrogens is 188 g/mol.